The molecule has 0 aliphatic carbocycles. The third kappa shape index (κ3) is 1.51. The second kappa shape index (κ2) is 3.00. The summed E-state index contributed by atoms with van der Waals surface area (Å²) >= 11 is 0. The van der Waals surface area contributed by atoms with Gasteiger partial charge in [-0.2, -0.15) is 13.2 Å². The minimum absolute atomic E-state index is 0.161. The van der Waals surface area contributed by atoms with Crippen LogP contribution in [0.25, 0.3) is 0 Å². The highest BCUT2D eigenvalue weighted by atomic mass is 19.4. The highest BCUT2D eigenvalue weighted by Crippen LogP contribution is 2.29. The van der Waals surface area contributed by atoms with Crippen LogP contribution in [0, 0.1) is 0 Å². The van der Waals surface area contributed by atoms with Gasteiger partial charge in [0.05, 0.1) is 12.2 Å². The molecule has 0 fully saturated rings. The SMILES string of the molecule is OB1OCc2ccc(C(F)(F)F)cc21. The maximum atomic E-state index is 12.3. The molecule has 0 spiro atoms. The first-order valence-corrected chi connectivity index (χ1v) is 3.98. The van der Waals surface area contributed by atoms with Gasteiger partial charge < -0.3 is 9.68 Å². The van der Waals surface area contributed by atoms with Gasteiger partial charge in [0.2, 0.25) is 0 Å². The van der Waals surface area contributed by atoms with Crippen molar-refractivity contribution in [2.75, 3.05) is 0 Å². The van der Waals surface area contributed by atoms with Crippen molar-refractivity contribution in [3.63, 3.8) is 0 Å². The molecule has 0 saturated carbocycles. The van der Waals surface area contributed by atoms with Crippen molar-refractivity contribution in [2.45, 2.75) is 12.8 Å². The van der Waals surface area contributed by atoms with Crippen LogP contribution < -0.4 is 5.46 Å². The molecule has 1 aromatic rings. The second-order valence-electron chi connectivity index (χ2n) is 3.07. The maximum Gasteiger partial charge on any atom is 0.491 e. The molecule has 0 saturated heterocycles. The molecule has 0 bridgehead atoms. The van der Waals surface area contributed by atoms with Crippen molar-refractivity contribution in [2.24, 2.45) is 0 Å². The Hall–Kier alpha value is -1.01. The quantitative estimate of drug-likeness (QED) is 0.634. The Kier molecular flexibility index (Phi) is 2.04. The van der Waals surface area contributed by atoms with Crippen molar-refractivity contribution in [1.82, 2.24) is 0 Å². The highest BCUT2D eigenvalue weighted by molar-refractivity contribution is 6.61. The number of halogens is 3. The second-order valence-corrected chi connectivity index (χ2v) is 3.07. The first-order chi connectivity index (χ1) is 6.48. The van der Waals surface area contributed by atoms with Gasteiger partial charge in [-0.25, -0.2) is 0 Å². The minimum Gasteiger partial charge on any atom is -0.423 e. The maximum absolute atomic E-state index is 12.3. The number of rotatable bonds is 0. The van der Waals surface area contributed by atoms with Gasteiger partial charge in [0.15, 0.2) is 0 Å². The van der Waals surface area contributed by atoms with E-state index < -0.39 is 18.9 Å². The van der Waals surface area contributed by atoms with Crippen LogP contribution in [0.3, 0.4) is 0 Å². The molecule has 2 nitrogen and oxygen atoms in total. The number of hydrogen-bond acceptors (Lipinski definition) is 2. The van der Waals surface area contributed by atoms with E-state index in [2.05, 4.69) is 0 Å². The molecule has 2 rings (SSSR count). The fourth-order valence-corrected chi connectivity index (χ4v) is 1.39. The highest BCUT2D eigenvalue weighted by Gasteiger charge is 2.34. The third-order valence-corrected chi connectivity index (χ3v) is 2.14. The molecule has 14 heavy (non-hydrogen) atoms. The zero-order chi connectivity index (χ0) is 10.3. The van der Waals surface area contributed by atoms with Crippen LogP contribution in [0.2, 0.25) is 0 Å². The van der Waals surface area contributed by atoms with Crippen molar-refractivity contribution in [1.29, 1.82) is 0 Å². The zero-order valence-electron chi connectivity index (χ0n) is 7.01. The van der Waals surface area contributed by atoms with Crippen LogP contribution in [0.1, 0.15) is 11.1 Å². The summed E-state index contributed by atoms with van der Waals surface area (Å²) in [5.41, 5.74) is 0.0473. The van der Waals surface area contributed by atoms with E-state index in [1.807, 2.05) is 0 Å². The summed E-state index contributed by atoms with van der Waals surface area (Å²) in [4.78, 5) is 0. The lowest BCUT2D eigenvalue weighted by molar-refractivity contribution is -0.137. The summed E-state index contributed by atoms with van der Waals surface area (Å²) in [6, 6.07) is 3.24. The Morgan fingerprint density at radius 1 is 1.36 bits per heavy atom. The molecule has 74 valence electrons. The third-order valence-electron chi connectivity index (χ3n) is 2.14. The van der Waals surface area contributed by atoms with E-state index in [0.29, 0.717) is 5.56 Å². The molecular formula is C8H6BF3O2. The smallest absolute Gasteiger partial charge is 0.423 e. The topological polar surface area (TPSA) is 29.5 Å². The van der Waals surface area contributed by atoms with Crippen LogP contribution in [0.15, 0.2) is 18.2 Å². The van der Waals surface area contributed by atoms with Gasteiger partial charge in [-0.1, -0.05) is 6.07 Å². The van der Waals surface area contributed by atoms with Gasteiger partial charge in [0.1, 0.15) is 0 Å². The van der Waals surface area contributed by atoms with Crippen LogP contribution >= 0.6 is 0 Å². The van der Waals surface area contributed by atoms with E-state index in [9.17, 15) is 18.2 Å². The largest absolute Gasteiger partial charge is 0.491 e. The number of alkyl halides is 3. The van der Waals surface area contributed by atoms with Crippen LogP contribution in [-0.2, 0) is 17.4 Å². The lowest BCUT2D eigenvalue weighted by atomic mass is 9.79. The summed E-state index contributed by atoms with van der Waals surface area (Å²) in [5, 5.41) is 9.18. The monoisotopic (exact) mass is 202 g/mol. The van der Waals surface area contributed by atoms with E-state index >= 15 is 0 Å². The molecule has 6 heteroatoms. The average Bonchev–Trinajstić information content (AvgIpc) is 2.46. The molecule has 0 unspecified atom stereocenters. The summed E-state index contributed by atoms with van der Waals surface area (Å²) in [5.74, 6) is 0. The summed E-state index contributed by atoms with van der Waals surface area (Å²) in [6.07, 6.45) is -4.38. The lowest BCUT2D eigenvalue weighted by Crippen LogP contribution is -2.29. The average molecular weight is 202 g/mol. The van der Waals surface area contributed by atoms with Crippen molar-refractivity contribution in [3.05, 3.63) is 29.3 Å². The lowest BCUT2D eigenvalue weighted by Gasteiger charge is -2.07. The first-order valence-electron chi connectivity index (χ1n) is 3.98. The number of benzene rings is 1. The predicted molar refractivity (Wildman–Crippen MR) is 43.8 cm³/mol. The molecular weight excluding hydrogens is 196 g/mol. The Balaban J connectivity index is 2.45. The van der Waals surface area contributed by atoms with E-state index in [4.69, 9.17) is 4.65 Å². The predicted octanol–water partition coefficient (Wildman–Crippen LogP) is 0.923. The van der Waals surface area contributed by atoms with E-state index in [1.165, 1.54) is 6.07 Å². The zero-order valence-corrected chi connectivity index (χ0v) is 7.01. The summed E-state index contributed by atoms with van der Waals surface area (Å²) in [7, 11) is -1.23. The molecule has 1 N–H and O–H groups in total. The van der Waals surface area contributed by atoms with Crippen LogP contribution in [-0.4, -0.2) is 12.1 Å². The molecule has 0 aromatic heterocycles. The Morgan fingerprint density at radius 3 is 2.71 bits per heavy atom. The Labute approximate surface area is 78.5 Å². The minimum atomic E-state index is -4.38. The molecule has 0 amide bonds. The van der Waals surface area contributed by atoms with Gasteiger partial charge in [0, 0.05) is 0 Å². The van der Waals surface area contributed by atoms with E-state index in [0.717, 1.165) is 12.1 Å². The standard InChI is InChI=1S/C8H6BF3O2/c10-8(11,12)6-2-1-5-4-14-9(13)7(5)3-6/h1-3,13H,4H2. The number of fused-ring (bicyclic) bond motifs is 1. The van der Waals surface area contributed by atoms with Gasteiger partial charge in [-0.3, -0.25) is 0 Å². The van der Waals surface area contributed by atoms with Crippen LogP contribution in [0.5, 0.6) is 0 Å². The summed E-state index contributed by atoms with van der Waals surface area (Å²) < 4.78 is 41.6. The molecule has 1 heterocycles. The molecule has 0 atom stereocenters. The molecule has 1 aliphatic rings. The fourth-order valence-electron chi connectivity index (χ4n) is 1.39. The van der Waals surface area contributed by atoms with E-state index in [-0.39, 0.29) is 12.1 Å². The summed E-state index contributed by atoms with van der Waals surface area (Å²) in [6.45, 7) is 0.161. The van der Waals surface area contributed by atoms with Gasteiger partial charge in [-0.15, -0.1) is 0 Å². The molecule has 0 radical (unpaired) electrons. The van der Waals surface area contributed by atoms with Gasteiger partial charge >= 0.3 is 13.3 Å². The normalized spacial score (nSPS) is 15.9. The van der Waals surface area contributed by atoms with Crippen molar-refractivity contribution in [3.8, 4) is 0 Å². The molecule has 1 aliphatic heterocycles. The van der Waals surface area contributed by atoms with Crippen molar-refractivity contribution < 1.29 is 22.8 Å². The first kappa shape index (κ1) is 9.55. The van der Waals surface area contributed by atoms with Gasteiger partial charge in [-0.05, 0) is 23.2 Å². The fraction of sp³-hybridized carbons (Fsp3) is 0.250. The molecule has 1 aromatic carbocycles. The number of hydrogen-bond donors (Lipinski definition) is 1. The van der Waals surface area contributed by atoms with Crippen LogP contribution in [0.4, 0.5) is 13.2 Å². The Morgan fingerprint density at radius 2 is 2.07 bits per heavy atom. The van der Waals surface area contributed by atoms with Gasteiger partial charge in [0.25, 0.3) is 0 Å². The Bertz CT molecular complexity index is 364. The van der Waals surface area contributed by atoms with Crippen molar-refractivity contribution >= 4 is 12.6 Å². The van der Waals surface area contributed by atoms with E-state index in [1.54, 1.807) is 0 Å².